The van der Waals surface area contributed by atoms with Gasteiger partial charge in [-0.2, -0.15) is 0 Å². The number of hydrogen-bond acceptors (Lipinski definition) is 4. The molecule has 0 aliphatic rings. The smallest absolute Gasteiger partial charge is 0.251 e. The number of aromatic nitrogens is 2. The van der Waals surface area contributed by atoms with Crippen molar-refractivity contribution < 1.29 is 4.74 Å². The molecule has 1 aromatic rings. The first kappa shape index (κ1) is 12.3. The Kier molecular flexibility index (Phi) is 4.84. The van der Waals surface area contributed by atoms with E-state index in [0.717, 1.165) is 5.75 Å². The first-order valence-corrected chi connectivity index (χ1v) is 5.82. The van der Waals surface area contributed by atoms with E-state index in [2.05, 4.69) is 23.8 Å². The van der Waals surface area contributed by atoms with Crippen molar-refractivity contribution in [3.63, 3.8) is 0 Å². The number of hydrogen-bond donors (Lipinski definition) is 1. The minimum absolute atomic E-state index is 0.122. The number of rotatable bonds is 5. The summed E-state index contributed by atoms with van der Waals surface area (Å²) in [5, 5.41) is 0.670. The van der Waals surface area contributed by atoms with Crippen molar-refractivity contribution in [1.82, 2.24) is 9.97 Å². The van der Waals surface area contributed by atoms with Gasteiger partial charge in [-0.1, -0.05) is 25.6 Å². The van der Waals surface area contributed by atoms with Gasteiger partial charge in [0.15, 0.2) is 5.16 Å². The lowest BCUT2D eigenvalue weighted by Gasteiger charge is -2.05. The maximum Gasteiger partial charge on any atom is 0.251 e. The Morgan fingerprint density at radius 1 is 1.60 bits per heavy atom. The van der Waals surface area contributed by atoms with E-state index < -0.39 is 0 Å². The molecule has 0 aliphatic carbocycles. The van der Waals surface area contributed by atoms with Gasteiger partial charge >= 0.3 is 0 Å². The van der Waals surface area contributed by atoms with Gasteiger partial charge in [0.05, 0.1) is 12.3 Å². The van der Waals surface area contributed by atoms with Crippen LogP contribution in [0.5, 0.6) is 0 Å². The molecule has 0 amide bonds. The molecule has 0 spiro atoms. The third-order valence-electron chi connectivity index (χ3n) is 1.62. The van der Waals surface area contributed by atoms with E-state index in [1.165, 1.54) is 6.07 Å². The predicted octanol–water partition coefficient (Wildman–Crippen LogP) is 1.66. The highest BCUT2D eigenvalue weighted by molar-refractivity contribution is 7.99. The van der Waals surface area contributed by atoms with Crippen LogP contribution in [0.3, 0.4) is 0 Å². The van der Waals surface area contributed by atoms with Gasteiger partial charge in [-0.15, -0.1) is 0 Å². The number of nitrogens with zero attached hydrogens (tertiary/aromatic N) is 1. The second-order valence-corrected chi connectivity index (χ2v) is 4.69. The molecule has 0 unspecified atom stereocenters. The zero-order valence-corrected chi connectivity index (χ0v) is 10.1. The fourth-order valence-electron chi connectivity index (χ4n) is 1.02. The van der Waals surface area contributed by atoms with Crippen LogP contribution < -0.4 is 5.56 Å². The molecule has 5 heteroatoms. The number of ether oxygens (including phenoxy) is 1. The molecule has 1 heterocycles. The summed E-state index contributed by atoms with van der Waals surface area (Å²) in [5.41, 5.74) is 0.552. The molecule has 1 aromatic heterocycles. The van der Waals surface area contributed by atoms with Gasteiger partial charge in [0.1, 0.15) is 0 Å². The van der Waals surface area contributed by atoms with Crippen LogP contribution in [0.2, 0.25) is 0 Å². The van der Waals surface area contributed by atoms with Crippen LogP contribution in [0, 0.1) is 5.92 Å². The van der Waals surface area contributed by atoms with Crippen LogP contribution in [-0.2, 0) is 11.3 Å². The minimum Gasteiger partial charge on any atom is -0.378 e. The molecule has 0 aliphatic heterocycles. The molecule has 0 bridgehead atoms. The summed E-state index contributed by atoms with van der Waals surface area (Å²) < 4.78 is 4.94. The average Bonchev–Trinajstić information content (AvgIpc) is 2.14. The van der Waals surface area contributed by atoms with E-state index in [9.17, 15) is 4.79 Å². The highest BCUT2D eigenvalue weighted by atomic mass is 32.2. The molecule has 15 heavy (non-hydrogen) atoms. The molecule has 0 aromatic carbocycles. The highest BCUT2D eigenvalue weighted by Crippen LogP contribution is 2.15. The number of nitrogens with one attached hydrogen (secondary N) is 1. The van der Waals surface area contributed by atoms with Crippen molar-refractivity contribution in [3.05, 3.63) is 22.1 Å². The summed E-state index contributed by atoms with van der Waals surface area (Å²) >= 11 is 1.56. The maximum atomic E-state index is 11.3. The van der Waals surface area contributed by atoms with Crippen molar-refractivity contribution in [1.29, 1.82) is 0 Å². The third kappa shape index (κ3) is 4.48. The molecule has 0 fully saturated rings. The summed E-state index contributed by atoms with van der Waals surface area (Å²) in [6.07, 6.45) is 0. The van der Waals surface area contributed by atoms with E-state index in [4.69, 9.17) is 4.74 Å². The summed E-state index contributed by atoms with van der Waals surface area (Å²) in [6, 6.07) is 1.46. The van der Waals surface area contributed by atoms with Crippen molar-refractivity contribution in [2.45, 2.75) is 25.6 Å². The van der Waals surface area contributed by atoms with Crippen LogP contribution in [0.1, 0.15) is 19.5 Å². The Morgan fingerprint density at radius 2 is 2.33 bits per heavy atom. The van der Waals surface area contributed by atoms with Crippen molar-refractivity contribution in [3.8, 4) is 0 Å². The van der Waals surface area contributed by atoms with Gasteiger partial charge in [0.25, 0.3) is 5.56 Å². The van der Waals surface area contributed by atoms with Crippen molar-refractivity contribution in [2.24, 2.45) is 5.92 Å². The minimum atomic E-state index is -0.122. The van der Waals surface area contributed by atoms with E-state index in [1.807, 2.05) is 0 Å². The van der Waals surface area contributed by atoms with Gasteiger partial charge in [0.2, 0.25) is 0 Å². The lowest BCUT2D eigenvalue weighted by atomic mass is 10.3. The average molecular weight is 228 g/mol. The molecular weight excluding hydrogens is 212 g/mol. The van der Waals surface area contributed by atoms with Crippen LogP contribution in [0.15, 0.2) is 16.0 Å². The normalized spacial score (nSPS) is 10.9. The standard InChI is InChI=1S/C10H16N2O2S/c1-7(2)6-15-10-11-8(5-14-3)4-9(13)12-10/h4,7H,5-6H2,1-3H3,(H,11,12,13). The monoisotopic (exact) mass is 228 g/mol. The molecule has 0 radical (unpaired) electrons. The number of H-pyrrole nitrogens is 1. The lowest BCUT2D eigenvalue weighted by Crippen LogP contribution is -2.11. The van der Waals surface area contributed by atoms with Crippen molar-refractivity contribution in [2.75, 3.05) is 12.9 Å². The predicted molar refractivity (Wildman–Crippen MR) is 61.1 cm³/mol. The van der Waals surface area contributed by atoms with E-state index in [0.29, 0.717) is 23.4 Å². The summed E-state index contributed by atoms with van der Waals surface area (Å²) in [4.78, 5) is 18.2. The van der Waals surface area contributed by atoms with Crippen LogP contribution in [-0.4, -0.2) is 22.8 Å². The summed E-state index contributed by atoms with van der Waals surface area (Å²) in [5.74, 6) is 1.52. The molecule has 1 rings (SSSR count). The second-order valence-electron chi connectivity index (χ2n) is 3.68. The van der Waals surface area contributed by atoms with Gasteiger partial charge in [-0.25, -0.2) is 4.98 Å². The molecule has 0 atom stereocenters. The number of methoxy groups -OCH3 is 1. The maximum absolute atomic E-state index is 11.3. The molecule has 0 saturated carbocycles. The van der Waals surface area contributed by atoms with Crippen LogP contribution >= 0.6 is 11.8 Å². The van der Waals surface area contributed by atoms with E-state index in [1.54, 1.807) is 18.9 Å². The molecule has 84 valence electrons. The Labute approximate surface area is 93.5 Å². The largest absolute Gasteiger partial charge is 0.378 e. The topological polar surface area (TPSA) is 55.0 Å². The molecular formula is C10H16N2O2S. The number of aromatic amines is 1. The lowest BCUT2D eigenvalue weighted by molar-refractivity contribution is 0.180. The molecule has 0 saturated heterocycles. The third-order valence-corrected chi connectivity index (χ3v) is 2.92. The Bertz CT molecular complexity index is 363. The Morgan fingerprint density at radius 3 is 2.93 bits per heavy atom. The fourth-order valence-corrected chi connectivity index (χ4v) is 1.87. The second kappa shape index (κ2) is 5.92. The Hall–Kier alpha value is -0.810. The SMILES string of the molecule is COCc1cc(=O)[nH]c(SCC(C)C)n1. The molecule has 4 nitrogen and oxygen atoms in total. The van der Waals surface area contributed by atoms with Gasteiger partial charge in [-0.3, -0.25) is 4.79 Å². The first-order chi connectivity index (χ1) is 7.11. The van der Waals surface area contributed by atoms with Crippen molar-refractivity contribution >= 4 is 11.8 Å². The highest BCUT2D eigenvalue weighted by Gasteiger charge is 2.03. The summed E-state index contributed by atoms with van der Waals surface area (Å²) in [6.45, 7) is 4.63. The van der Waals surface area contributed by atoms with Gasteiger partial charge in [-0.05, 0) is 5.92 Å². The van der Waals surface area contributed by atoms with Gasteiger partial charge in [0, 0.05) is 18.9 Å². The number of thioether (sulfide) groups is 1. The van der Waals surface area contributed by atoms with Crippen LogP contribution in [0.4, 0.5) is 0 Å². The van der Waals surface area contributed by atoms with E-state index >= 15 is 0 Å². The van der Waals surface area contributed by atoms with Gasteiger partial charge < -0.3 is 9.72 Å². The quantitative estimate of drug-likeness (QED) is 0.615. The van der Waals surface area contributed by atoms with E-state index in [-0.39, 0.29) is 5.56 Å². The van der Waals surface area contributed by atoms with Crippen LogP contribution in [0.25, 0.3) is 0 Å². The fraction of sp³-hybridized carbons (Fsp3) is 0.600. The first-order valence-electron chi connectivity index (χ1n) is 4.83. The Balaban J connectivity index is 2.75. The zero-order chi connectivity index (χ0) is 11.3. The zero-order valence-electron chi connectivity index (χ0n) is 9.24. The summed E-state index contributed by atoms with van der Waals surface area (Å²) in [7, 11) is 1.59. The molecule has 1 N–H and O–H groups in total.